The van der Waals surface area contributed by atoms with Gasteiger partial charge in [-0.05, 0) is 37.5 Å². The number of rotatable bonds is 5. The third kappa shape index (κ3) is 5.10. The number of carbonyl (C=O) groups is 1. The lowest BCUT2D eigenvalue weighted by Crippen LogP contribution is -2.35. The lowest BCUT2D eigenvalue weighted by Gasteiger charge is -2.16. The fourth-order valence-corrected chi connectivity index (χ4v) is 3.43. The van der Waals surface area contributed by atoms with Crippen LogP contribution < -0.4 is 15.4 Å². The molecular weight excluding hydrogens is 364 g/mol. The van der Waals surface area contributed by atoms with Gasteiger partial charge >= 0.3 is 0 Å². The van der Waals surface area contributed by atoms with Crippen LogP contribution in [0.15, 0.2) is 24.4 Å². The molecule has 1 aliphatic carbocycles. The molecule has 0 radical (unpaired) electrons. The third-order valence-corrected chi connectivity index (χ3v) is 5.21. The molecule has 1 aliphatic rings. The van der Waals surface area contributed by atoms with Crippen molar-refractivity contribution >= 4 is 29.1 Å². The number of anilines is 2. The molecule has 0 unspecified atom stereocenters. The molecule has 0 atom stereocenters. The standard InChI is InChI=1S/C20H25ClN4O2/c1-13-11-17(18(27-2)12-15(13)21)25-20-22-10-9-16(24-20)19(26)23-14-7-5-3-4-6-8-14/h9-12,14H,3-8H2,1-2H3,(H,23,26)(H,22,24,25). The van der Waals surface area contributed by atoms with Gasteiger partial charge in [-0.25, -0.2) is 9.97 Å². The zero-order valence-electron chi connectivity index (χ0n) is 15.7. The fourth-order valence-electron chi connectivity index (χ4n) is 3.28. The zero-order valence-corrected chi connectivity index (χ0v) is 16.5. The second-order valence-corrected chi connectivity index (χ2v) is 7.26. The zero-order chi connectivity index (χ0) is 19.2. The van der Waals surface area contributed by atoms with Crippen LogP contribution in [0.4, 0.5) is 11.6 Å². The van der Waals surface area contributed by atoms with Gasteiger partial charge in [-0.2, -0.15) is 0 Å². The Balaban J connectivity index is 1.73. The van der Waals surface area contributed by atoms with Gasteiger partial charge in [-0.3, -0.25) is 4.79 Å². The van der Waals surface area contributed by atoms with Gasteiger partial charge in [0.15, 0.2) is 0 Å². The molecule has 6 nitrogen and oxygen atoms in total. The Morgan fingerprint density at radius 2 is 1.96 bits per heavy atom. The quantitative estimate of drug-likeness (QED) is 0.729. The minimum atomic E-state index is -0.161. The average Bonchev–Trinajstić information content (AvgIpc) is 2.93. The Labute approximate surface area is 164 Å². The monoisotopic (exact) mass is 388 g/mol. The highest BCUT2D eigenvalue weighted by atomic mass is 35.5. The fraction of sp³-hybridized carbons (Fsp3) is 0.450. The maximum Gasteiger partial charge on any atom is 0.270 e. The number of benzene rings is 1. The van der Waals surface area contributed by atoms with E-state index in [9.17, 15) is 4.79 Å². The Morgan fingerprint density at radius 3 is 2.67 bits per heavy atom. The number of nitrogens with one attached hydrogen (secondary N) is 2. The topological polar surface area (TPSA) is 76.1 Å². The maximum atomic E-state index is 12.6. The summed E-state index contributed by atoms with van der Waals surface area (Å²) in [4.78, 5) is 21.2. The van der Waals surface area contributed by atoms with E-state index in [1.165, 1.54) is 12.8 Å². The summed E-state index contributed by atoms with van der Waals surface area (Å²) in [6, 6.07) is 5.46. The van der Waals surface area contributed by atoms with E-state index in [1.807, 2.05) is 13.0 Å². The van der Waals surface area contributed by atoms with E-state index in [2.05, 4.69) is 20.6 Å². The number of aromatic nitrogens is 2. The molecule has 0 saturated heterocycles. The van der Waals surface area contributed by atoms with E-state index in [4.69, 9.17) is 16.3 Å². The minimum absolute atomic E-state index is 0.161. The predicted octanol–water partition coefficient (Wildman–Crippen LogP) is 4.64. The summed E-state index contributed by atoms with van der Waals surface area (Å²) in [5.41, 5.74) is 1.95. The lowest BCUT2D eigenvalue weighted by molar-refractivity contribution is 0.0928. The van der Waals surface area contributed by atoms with Gasteiger partial charge in [0.1, 0.15) is 11.4 Å². The van der Waals surface area contributed by atoms with Crippen LogP contribution in [0.2, 0.25) is 5.02 Å². The van der Waals surface area contributed by atoms with Gasteiger partial charge in [0.25, 0.3) is 5.91 Å². The number of ether oxygens (including phenoxy) is 1. The molecule has 1 saturated carbocycles. The summed E-state index contributed by atoms with van der Waals surface area (Å²) in [5.74, 6) is 0.762. The van der Waals surface area contributed by atoms with E-state index < -0.39 is 0 Å². The first-order valence-electron chi connectivity index (χ1n) is 9.32. The number of carbonyl (C=O) groups excluding carboxylic acids is 1. The van der Waals surface area contributed by atoms with Gasteiger partial charge in [0.2, 0.25) is 5.95 Å². The molecule has 0 bridgehead atoms. The number of methoxy groups -OCH3 is 1. The molecule has 27 heavy (non-hydrogen) atoms. The van der Waals surface area contributed by atoms with Gasteiger partial charge in [0.05, 0.1) is 12.8 Å². The normalized spacial score (nSPS) is 15.1. The molecule has 1 heterocycles. The average molecular weight is 389 g/mol. The Bertz CT molecular complexity index is 805. The van der Waals surface area contributed by atoms with Crippen molar-refractivity contribution < 1.29 is 9.53 Å². The number of amides is 1. The molecule has 2 aromatic rings. The summed E-state index contributed by atoms with van der Waals surface area (Å²) in [7, 11) is 1.57. The number of aryl methyl sites for hydroxylation is 1. The van der Waals surface area contributed by atoms with Gasteiger partial charge < -0.3 is 15.4 Å². The molecule has 1 amide bonds. The molecule has 2 N–H and O–H groups in total. The van der Waals surface area contributed by atoms with Crippen molar-refractivity contribution in [1.82, 2.24) is 15.3 Å². The van der Waals surface area contributed by atoms with Crippen molar-refractivity contribution in [3.8, 4) is 5.75 Å². The highest BCUT2D eigenvalue weighted by Gasteiger charge is 2.17. The van der Waals surface area contributed by atoms with Gasteiger partial charge in [-0.15, -0.1) is 0 Å². The van der Waals surface area contributed by atoms with Crippen LogP contribution in [-0.4, -0.2) is 29.0 Å². The SMILES string of the molecule is COc1cc(Cl)c(C)cc1Nc1nccc(C(=O)NC2CCCCCC2)n1. The van der Waals surface area contributed by atoms with Gasteiger partial charge in [0, 0.05) is 23.3 Å². The predicted molar refractivity (Wildman–Crippen MR) is 107 cm³/mol. The molecule has 1 aromatic carbocycles. The third-order valence-electron chi connectivity index (χ3n) is 4.81. The molecule has 0 spiro atoms. The van der Waals surface area contributed by atoms with Crippen LogP contribution in [-0.2, 0) is 0 Å². The Morgan fingerprint density at radius 1 is 1.22 bits per heavy atom. The van der Waals surface area contributed by atoms with Crippen molar-refractivity contribution in [1.29, 1.82) is 0 Å². The molecule has 144 valence electrons. The van der Waals surface area contributed by atoms with Crippen molar-refractivity contribution in [3.63, 3.8) is 0 Å². The van der Waals surface area contributed by atoms with E-state index in [1.54, 1.807) is 25.4 Å². The molecular formula is C20H25ClN4O2. The van der Waals surface area contributed by atoms with Crippen molar-refractivity contribution in [2.75, 3.05) is 12.4 Å². The van der Waals surface area contributed by atoms with E-state index in [0.29, 0.717) is 28.1 Å². The smallest absolute Gasteiger partial charge is 0.270 e. The van der Waals surface area contributed by atoms with Crippen LogP contribution in [0.1, 0.15) is 54.6 Å². The summed E-state index contributed by atoms with van der Waals surface area (Å²) in [5, 5.41) is 6.84. The van der Waals surface area contributed by atoms with Crippen molar-refractivity contribution in [2.45, 2.75) is 51.5 Å². The maximum absolute atomic E-state index is 12.6. The summed E-state index contributed by atoms with van der Waals surface area (Å²) < 4.78 is 5.36. The second-order valence-electron chi connectivity index (χ2n) is 6.85. The van der Waals surface area contributed by atoms with Crippen LogP contribution in [0.25, 0.3) is 0 Å². The van der Waals surface area contributed by atoms with Crippen LogP contribution in [0.5, 0.6) is 5.75 Å². The largest absolute Gasteiger partial charge is 0.495 e. The summed E-state index contributed by atoms with van der Waals surface area (Å²) in [6.07, 6.45) is 8.46. The van der Waals surface area contributed by atoms with Crippen molar-refractivity contribution in [3.05, 3.63) is 40.7 Å². The lowest BCUT2D eigenvalue weighted by atomic mass is 10.1. The first-order chi connectivity index (χ1) is 13.1. The number of hydrogen-bond donors (Lipinski definition) is 2. The van der Waals surface area contributed by atoms with E-state index >= 15 is 0 Å². The minimum Gasteiger partial charge on any atom is -0.495 e. The van der Waals surface area contributed by atoms with Crippen LogP contribution in [0, 0.1) is 6.92 Å². The van der Waals surface area contributed by atoms with Crippen LogP contribution in [0.3, 0.4) is 0 Å². The molecule has 1 aromatic heterocycles. The van der Waals surface area contributed by atoms with Crippen LogP contribution >= 0.6 is 11.6 Å². The van der Waals surface area contributed by atoms with Crippen molar-refractivity contribution in [2.24, 2.45) is 0 Å². The summed E-state index contributed by atoms with van der Waals surface area (Å²) in [6.45, 7) is 1.91. The number of halogens is 1. The first-order valence-corrected chi connectivity index (χ1v) is 9.69. The second kappa shape index (κ2) is 9.04. The molecule has 1 fully saturated rings. The summed E-state index contributed by atoms with van der Waals surface area (Å²) >= 11 is 6.15. The number of nitrogens with zero attached hydrogens (tertiary/aromatic N) is 2. The molecule has 3 rings (SSSR count). The number of hydrogen-bond acceptors (Lipinski definition) is 5. The van der Waals surface area contributed by atoms with Gasteiger partial charge in [-0.1, -0.05) is 37.3 Å². The molecule has 0 aliphatic heterocycles. The first kappa shape index (κ1) is 19.4. The highest BCUT2D eigenvalue weighted by molar-refractivity contribution is 6.31. The Hall–Kier alpha value is -2.34. The Kier molecular flexibility index (Phi) is 6.50. The highest BCUT2D eigenvalue weighted by Crippen LogP contribution is 2.32. The van der Waals surface area contributed by atoms with E-state index in [-0.39, 0.29) is 11.9 Å². The van der Waals surface area contributed by atoms with E-state index in [0.717, 1.165) is 31.2 Å². The molecule has 7 heteroatoms.